The zero-order valence-electron chi connectivity index (χ0n) is 16.1. The van der Waals surface area contributed by atoms with Crippen molar-refractivity contribution in [2.24, 2.45) is 7.05 Å². The molecule has 152 valence electrons. The Hall–Kier alpha value is -2.66. The first kappa shape index (κ1) is 19.6. The van der Waals surface area contributed by atoms with Gasteiger partial charge in [-0.05, 0) is 44.1 Å². The second-order valence-corrected chi connectivity index (χ2v) is 8.31. The molecule has 0 spiro atoms. The molecule has 4 aromatic heterocycles. The number of rotatable bonds is 3. The van der Waals surface area contributed by atoms with Crippen LogP contribution in [0.4, 0.5) is 13.2 Å². The van der Waals surface area contributed by atoms with E-state index in [9.17, 15) is 17.7 Å². The van der Waals surface area contributed by atoms with E-state index < -0.39 is 23.0 Å². The number of alkyl halides is 3. The molecule has 0 radical (unpaired) electrons. The summed E-state index contributed by atoms with van der Waals surface area (Å²) in [6, 6.07) is 2.75. The van der Waals surface area contributed by atoms with Crippen molar-refractivity contribution < 1.29 is 17.7 Å². The molecule has 4 rings (SSSR count). The molecular formula is C18H17F3N6OS. The van der Waals surface area contributed by atoms with Gasteiger partial charge in [0.25, 0.3) is 0 Å². The number of hydrogen-bond acceptors (Lipinski definition) is 5. The van der Waals surface area contributed by atoms with Crippen LogP contribution < -0.4 is 0 Å². The zero-order chi connectivity index (χ0) is 21.1. The molecule has 11 heteroatoms. The lowest BCUT2D eigenvalue weighted by Gasteiger charge is -2.08. The normalized spacial score (nSPS) is 13.5. The Balaban J connectivity index is 2.02. The average Bonchev–Trinajstić information content (AvgIpc) is 3.18. The molecule has 0 aromatic carbocycles. The van der Waals surface area contributed by atoms with Gasteiger partial charge in [0.2, 0.25) is 10.5 Å². The summed E-state index contributed by atoms with van der Waals surface area (Å²) in [5.74, 6) is 0.646. The third-order valence-corrected chi connectivity index (χ3v) is 5.97. The van der Waals surface area contributed by atoms with Gasteiger partial charge in [-0.25, -0.2) is 19.5 Å². The van der Waals surface area contributed by atoms with Crippen LogP contribution in [0.2, 0.25) is 0 Å². The van der Waals surface area contributed by atoms with E-state index >= 15 is 0 Å². The van der Waals surface area contributed by atoms with Crippen molar-refractivity contribution in [1.82, 2.24) is 29.1 Å². The minimum atomic E-state index is -4.57. The van der Waals surface area contributed by atoms with Crippen LogP contribution in [0.3, 0.4) is 0 Å². The first-order valence-corrected chi connectivity index (χ1v) is 10.1. The Morgan fingerprint density at radius 2 is 1.90 bits per heavy atom. The monoisotopic (exact) mass is 422 g/mol. The maximum absolute atomic E-state index is 13.0. The van der Waals surface area contributed by atoms with Crippen LogP contribution in [0, 0.1) is 13.8 Å². The van der Waals surface area contributed by atoms with Crippen molar-refractivity contribution in [3.8, 4) is 11.5 Å². The Kier molecular flexibility index (Phi) is 4.54. The lowest BCUT2D eigenvalue weighted by atomic mass is 10.3. The van der Waals surface area contributed by atoms with Crippen LogP contribution >= 0.6 is 0 Å². The van der Waals surface area contributed by atoms with Gasteiger partial charge in [0.1, 0.15) is 11.4 Å². The van der Waals surface area contributed by atoms with Gasteiger partial charge >= 0.3 is 6.18 Å². The van der Waals surface area contributed by atoms with Crippen molar-refractivity contribution in [3.63, 3.8) is 0 Å². The SMILES string of the molecule is CC[S+]([O-])c1c(-c2nc3cc(C(F)(F)F)ncc3n2C)nn2c(C)cc(C)nc12. The molecule has 29 heavy (non-hydrogen) atoms. The minimum Gasteiger partial charge on any atom is -0.611 e. The van der Waals surface area contributed by atoms with Crippen LogP contribution in [-0.4, -0.2) is 39.4 Å². The van der Waals surface area contributed by atoms with E-state index in [0.717, 1.165) is 23.7 Å². The van der Waals surface area contributed by atoms with Crippen molar-refractivity contribution in [1.29, 1.82) is 0 Å². The van der Waals surface area contributed by atoms with Gasteiger partial charge in [-0.3, -0.25) is 0 Å². The predicted octanol–water partition coefficient (Wildman–Crippen LogP) is 3.44. The molecule has 4 aromatic rings. The fraction of sp³-hybridized carbons (Fsp3) is 0.333. The second kappa shape index (κ2) is 6.70. The van der Waals surface area contributed by atoms with Crippen LogP contribution in [-0.2, 0) is 24.4 Å². The Bertz CT molecular complexity index is 1250. The van der Waals surface area contributed by atoms with Crippen molar-refractivity contribution in [2.45, 2.75) is 31.8 Å². The Morgan fingerprint density at radius 3 is 2.55 bits per heavy atom. The van der Waals surface area contributed by atoms with Crippen LogP contribution in [0.25, 0.3) is 28.2 Å². The quantitative estimate of drug-likeness (QED) is 0.472. The summed E-state index contributed by atoms with van der Waals surface area (Å²) < 4.78 is 55.1. The standard InChI is InChI=1S/C18H17F3N6OS/c1-5-29(28)15-14(25-27-10(3)6-9(2)23-17(15)27)16-24-11-7-13(18(19,20)21)22-8-12(11)26(16)4/h6-8H,5H2,1-4H3. The molecule has 7 nitrogen and oxygen atoms in total. The number of nitrogens with zero attached hydrogens (tertiary/aromatic N) is 6. The molecule has 4 heterocycles. The minimum absolute atomic E-state index is 0.135. The van der Waals surface area contributed by atoms with E-state index in [0.29, 0.717) is 33.3 Å². The van der Waals surface area contributed by atoms with E-state index in [1.807, 2.05) is 19.9 Å². The predicted molar refractivity (Wildman–Crippen MR) is 102 cm³/mol. The highest BCUT2D eigenvalue weighted by Crippen LogP contribution is 2.34. The second-order valence-electron chi connectivity index (χ2n) is 6.64. The fourth-order valence-electron chi connectivity index (χ4n) is 3.26. The highest BCUT2D eigenvalue weighted by molar-refractivity contribution is 7.91. The van der Waals surface area contributed by atoms with Gasteiger partial charge in [0.05, 0.1) is 17.2 Å². The molecular weight excluding hydrogens is 405 g/mol. The molecule has 0 fully saturated rings. The molecule has 0 N–H and O–H groups in total. The van der Waals surface area contributed by atoms with Crippen molar-refractivity contribution in [2.75, 3.05) is 5.75 Å². The third-order valence-electron chi connectivity index (χ3n) is 4.61. The van der Waals surface area contributed by atoms with Crippen molar-refractivity contribution in [3.05, 3.63) is 35.4 Å². The van der Waals surface area contributed by atoms with E-state index in [1.165, 1.54) is 0 Å². The highest BCUT2D eigenvalue weighted by Gasteiger charge is 2.34. The number of imidazole rings is 1. The van der Waals surface area contributed by atoms with Gasteiger partial charge in [-0.1, -0.05) is 0 Å². The van der Waals surface area contributed by atoms with Gasteiger partial charge in [-0.15, -0.1) is 0 Å². The number of aromatic nitrogens is 6. The lowest BCUT2D eigenvalue weighted by molar-refractivity contribution is -0.141. The number of halogens is 3. The summed E-state index contributed by atoms with van der Waals surface area (Å²) in [5, 5.41) is 4.56. The largest absolute Gasteiger partial charge is 0.611 e. The molecule has 0 aliphatic carbocycles. The first-order chi connectivity index (χ1) is 13.6. The molecule has 0 aliphatic rings. The molecule has 0 amide bonds. The van der Waals surface area contributed by atoms with Crippen LogP contribution in [0.15, 0.2) is 23.2 Å². The van der Waals surface area contributed by atoms with Crippen LogP contribution in [0.5, 0.6) is 0 Å². The number of hydrogen-bond donors (Lipinski definition) is 0. The van der Waals surface area contributed by atoms with E-state index in [1.54, 1.807) is 23.1 Å². The lowest BCUT2D eigenvalue weighted by Crippen LogP contribution is -2.07. The summed E-state index contributed by atoms with van der Waals surface area (Å²) in [4.78, 5) is 12.8. The summed E-state index contributed by atoms with van der Waals surface area (Å²) in [7, 11) is 1.66. The Labute approximate surface area is 166 Å². The Morgan fingerprint density at radius 1 is 1.17 bits per heavy atom. The number of fused-ring (bicyclic) bond motifs is 2. The summed E-state index contributed by atoms with van der Waals surface area (Å²) in [6.07, 6.45) is -3.43. The van der Waals surface area contributed by atoms with Crippen molar-refractivity contribution >= 4 is 27.9 Å². The number of pyridine rings is 1. The summed E-state index contributed by atoms with van der Waals surface area (Å²) >= 11 is -1.41. The molecule has 1 unspecified atom stereocenters. The molecule has 0 saturated carbocycles. The fourth-order valence-corrected chi connectivity index (χ4v) is 4.23. The van der Waals surface area contributed by atoms with Gasteiger partial charge in [0, 0.05) is 18.4 Å². The van der Waals surface area contributed by atoms with Crippen LogP contribution in [0.1, 0.15) is 24.0 Å². The molecule has 0 bridgehead atoms. The average molecular weight is 422 g/mol. The van der Waals surface area contributed by atoms with E-state index in [-0.39, 0.29) is 5.52 Å². The third kappa shape index (κ3) is 3.14. The van der Waals surface area contributed by atoms with E-state index in [2.05, 4.69) is 20.1 Å². The maximum Gasteiger partial charge on any atom is 0.433 e. The summed E-state index contributed by atoms with van der Waals surface area (Å²) in [6.45, 7) is 5.46. The van der Waals surface area contributed by atoms with Gasteiger partial charge < -0.3 is 9.12 Å². The molecule has 0 aliphatic heterocycles. The van der Waals surface area contributed by atoms with Gasteiger partial charge in [-0.2, -0.15) is 18.3 Å². The molecule has 1 atom stereocenters. The van der Waals surface area contributed by atoms with E-state index in [4.69, 9.17) is 0 Å². The topological polar surface area (TPSA) is 84.0 Å². The zero-order valence-corrected chi connectivity index (χ0v) is 16.9. The summed E-state index contributed by atoms with van der Waals surface area (Å²) in [5.41, 5.74) is 1.87. The maximum atomic E-state index is 13.0. The first-order valence-electron chi connectivity index (χ1n) is 8.77. The molecule has 0 saturated heterocycles. The van der Waals surface area contributed by atoms with Gasteiger partial charge in [0.15, 0.2) is 11.5 Å². The highest BCUT2D eigenvalue weighted by atomic mass is 32.2. The number of aryl methyl sites for hydroxylation is 3. The smallest absolute Gasteiger partial charge is 0.433 e.